The Morgan fingerprint density at radius 3 is 3.00 bits per heavy atom. The number of hydrogen-bond donors (Lipinski definition) is 1. The van der Waals surface area contributed by atoms with Crippen molar-refractivity contribution in [3.63, 3.8) is 0 Å². The molecule has 1 aromatic heterocycles. The van der Waals surface area contributed by atoms with E-state index in [9.17, 15) is 0 Å². The predicted octanol–water partition coefficient (Wildman–Crippen LogP) is 3.98. The molecule has 15 heavy (non-hydrogen) atoms. The predicted molar refractivity (Wildman–Crippen MR) is 67.3 cm³/mol. The molecule has 2 heteroatoms. The first-order valence-electron chi connectivity index (χ1n) is 6.17. The van der Waals surface area contributed by atoms with Crippen molar-refractivity contribution in [1.82, 2.24) is 5.32 Å². The third kappa shape index (κ3) is 3.62. The van der Waals surface area contributed by atoms with Crippen molar-refractivity contribution >= 4 is 11.3 Å². The van der Waals surface area contributed by atoms with Crippen LogP contribution in [0, 0.1) is 5.92 Å². The summed E-state index contributed by atoms with van der Waals surface area (Å²) >= 11 is 1.88. The first kappa shape index (κ1) is 11.2. The molecular weight excluding hydrogens is 202 g/mol. The highest BCUT2D eigenvalue weighted by Crippen LogP contribution is 2.32. The molecule has 0 radical (unpaired) electrons. The number of nitrogens with one attached hydrogen (secondary N) is 1. The van der Waals surface area contributed by atoms with Gasteiger partial charge in [-0.25, -0.2) is 0 Å². The molecular formula is C13H21NS. The van der Waals surface area contributed by atoms with E-state index < -0.39 is 0 Å². The SMILES string of the molecule is CCCC(NCCC1CC1)c1cccs1. The van der Waals surface area contributed by atoms with Crippen molar-refractivity contribution in [3.8, 4) is 0 Å². The maximum Gasteiger partial charge on any atom is 0.0414 e. The van der Waals surface area contributed by atoms with E-state index in [4.69, 9.17) is 0 Å². The van der Waals surface area contributed by atoms with Gasteiger partial charge in [-0.2, -0.15) is 0 Å². The van der Waals surface area contributed by atoms with Gasteiger partial charge in [0.15, 0.2) is 0 Å². The van der Waals surface area contributed by atoms with Crippen LogP contribution in [0.1, 0.15) is 49.9 Å². The molecule has 1 aliphatic rings. The minimum Gasteiger partial charge on any atom is -0.309 e. The molecule has 1 aliphatic carbocycles. The van der Waals surface area contributed by atoms with Gasteiger partial charge in [-0.15, -0.1) is 11.3 Å². The van der Waals surface area contributed by atoms with Crippen LogP contribution in [0.4, 0.5) is 0 Å². The van der Waals surface area contributed by atoms with Crippen molar-refractivity contribution < 1.29 is 0 Å². The monoisotopic (exact) mass is 223 g/mol. The Bertz CT molecular complexity index is 264. The van der Waals surface area contributed by atoms with Crippen molar-refractivity contribution in [2.75, 3.05) is 6.54 Å². The molecule has 1 nitrogen and oxygen atoms in total. The molecule has 0 saturated heterocycles. The highest BCUT2D eigenvalue weighted by Gasteiger charge is 2.21. The van der Waals surface area contributed by atoms with E-state index in [1.165, 1.54) is 43.5 Å². The maximum atomic E-state index is 3.70. The van der Waals surface area contributed by atoms with E-state index in [0.29, 0.717) is 6.04 Å². The lowest BCUT2D eigenvalue weighted by Gasteiger charge is -2.16. The zero-order valence-electron chi connectivity index (χ0n) is 9.54. The van der Waals surface area contributed by atoms with Crippen LogP contribution in [-0.2, 0) is 0 Å². The lowest BCUT2D eigenvalue weighted by Crippen LogP contribution is -2.21. The van der Waals surface area contributed by atoms with Crippen molar-refractivity contribution in [2.24, 2.45) is 5.92 Å². The molecule has 1 heterocycles. The smallest absolute Gasteiger partial charge is 0.0414 e. The normalized spacial score (nSPS) is 17.9. The van der Waals surface area contributed by atoms with Crippen LogP contribution in [0.25, 0.3) is 0 Å². The molecule has 0 amide bonds. The van der Waals surface area contributed by atoms with E-state index in [1.807, 2.05) is 11.3 Å². The fourth-order valence-electron chi connectivity index (χ4n) is 1.99. The molecule has 0 aromatic carbocycles. The van der Waals surface area contributed by atoms with Crippen LogP contribution in [0.15, 0.2) is 17.5 Å². The van der Waals surface area contributed by atoms with Gasteiger partial charge in [0, 0.05) is 10.9 Å². The Labute approximate surface area is 96.9 Å². The molecule has 1 fully saturated rings. The van der Waals surface area contributed by atoms with Crippen LogP contribution in [0.3, 0.4) is 0 Å². The van der Waals surface area contributed by atoms with Gasteiger partial charge in [0.2, 0.25) is 0 Å². The third-order valence-corrected chi connectivity index (χ3v) is 4.09. The number of thiophene rings is 1. The van der Waals surface area contributed by atoms with E-state index in [-0.39, 0.29) is 0 Å². The Balaban J connectivity index is 1.77. The Morgan fingerprint density at radius 1 is 1.53 bits per heavy atom. The van der Waals surface area contributed by atoms with E-state index in [1.54, 1.807) is 0 Å². The largest absolute Gasteiger partial charge is 0.309 e. The summed E-state index contributed by atoms with van der Waals surface area (Å²) in [5, 5.41) is 5.89. The third-order valence-electron chi connectivity index (χ3n) is 3.10. The van der Waals surface area contributed by atoms with Gasteiger partial charge in [0.1, 0.15) is 0 Å². The second kappa shape index (κ2) is 5.66. The van der Waals surface area contributed by atoms with Gasteiger partial charge >= 0.3 is 0 Å². The fraction of sp³-hybridized carbons (Fsp3) is 0.692. The highest BCUT2D eigenvalue weighted by molar-refractivity contribution is 7.10. The quantitative estimate of drug-likeness (QED) is 0.737. The van der Waals surface area contributed by atoms with Gasteiger partial charge in [-0.1, -0.05) is 32.3 Å². The van der Waals surface area contributed by atoms with E-state index in [2.05, 4.69) is 29.8 Å². The lowest BCUT2D eigenvalue weighted by atomic mass is 10.1. The number of hydrogen-bond acceptors (Lipinski definition) is 2. The highest BCUT2D eigenvalue weighted by atomic mass is 32.1. The summed E-state index contributed by atoms with van der Waals surface area (Å²) in [4.78, 5) is 1.51. The van der Waals surface area contributed by atoms with E-state index in [0.717, 1.165) is 5.92 Å². The summed E-state index contributed by atoms with van der Waals surface area (Å²) in [6.45, 7) is 3.47. The zero-order valence-corrected chi connectivity index (χ0v) is 10.4. The average Bonchev–Trinajstić information content (AvgIpc) is 2.91. The minimum absolute atomic E-state index is 0.605. The zero-order chi connectivity index (χ0) is 10.5. The molecule has 1 atom stereocenters. The topological polar surface area (TPSA) is 12.0 Å². The Morgan fingerprint density at radius 2 is 2.40 bits per heavy atom. The van der Waals surface area contributed by atoms with Gasteiger partial charge in [-0.05, 0) is 36.8 Å². The molecule has 1 unspecified atom stereocenters. The van der Waals surface area contributed by atoms with Crippen molar-refractivity contribution in [3.05, 3.63) is 22.4 Å². The molecule has 0 aliphatic heterocycles. The molecule has 0 bridgehead atoms. The molecule has 84 valence electrons. The first-order chi connectivity index (χ1) is 7.40. The second-order valence-corrected chi connectivity index (χ2v) is 5.52. The molecule has 1 aromatic rings. The summed E-state index contributed by atoms with van der Waals surface area (Å²) < 4.78 is 0. The molecule has 0 spiro atoms. The van der Waals surface area contributed by atoms with Crippen molar-refractivity contribution in [1.29, 1.82) is 0 Å². The summed E-state index contributed by atoms with van der Waals surface area (Å²) in [6, 6.07) is 5.02. The maximum absolute atomic E-state index is 3.70. The second-order valence-electron chi connectivity index (χ2n) is 4.54. The lowest BCUT2D eigenvalue weighted by molar-refractivity contribution is 0.484. The molecule has 1 N–H and O–H groups in total. The first-order valence-corrected chi connectivity index (χ1v) is 7.05. The fourth-order valence-corrected chi connectivity index (χ4v) is 2.83. The van der Waals surface area contributed by atoms with Crippen LogP contribution in [0.2, 0.25) is 0 Å². The minimum atomic E-state index is 0.605. The Kier molecular flexibility index (Phi) is 4.21. The summed E-state index contributed by atoms with van der Waals surface area (Å²) in [7, 11) is 0. The average molecular weight is 223 g/mol. The van der Waals surface area contributed by atoms with Crippen LogP contribution in [-0.4, -0.2) is 6.54 Å². The van der Waals surface area contributed by atoms with E-state index >= 15 is 0 Å². The van der Waals surface area contributed by atoms with Crippen LogP contribution < -0.4 is 5.32 Å². The van der Waals surface area contributed by atoms with Gasteiger partial charge in [0.25, 0.3) is 0 Å². The van der Waals surface area contributed by atoms with Crippen LogP contribution in [0.5, 0.6) is 0 Å². The molecule has 1 saturated carbocycles. The standard InChI is InChI=1S/C13H21NS/c1-2-4-12(13-5-3-10-15-13)14-9-8-11-6-7-11/h3,5,10-12,14H,2,4,6-9H2,1H3. The van der Waals surface area contributed by atoms with Crippen LogP contribution >= 0.6 is 11.3 Å². The van der Waals surface area contributed by atoms with Gasteiger partial charge in [-0.3, -0.25) is 0 Å². The Hall–Kier alpha value is -0.340. The summed E-state index contributed by atoms with van der Waals surface area (Å²) in [6.07, 6.45) is 6.86. The van der Waals surface area contributed by atoms with Crippen molar-refractivity contribution in [2.45, 2.75) is 45.1 Å². The van der Waals surface area contributed by atoms with Gasteiger partial charge < -0.3 is 5.32 Å². The number of rotatable bonds is 7. The molecule has 2 rings (SSSR count). The summed E-state index contributed by atoms with van der Waals surface area (Å²) in [5.74, 6) is 1.04. The summed E-state index contributed by atoms with van der Waals surface area (Å²) in [5.41, 5.74) is 0. The van der Waals surface area contributed by atoms with Gasteiger partial charge in [0.05, 0.1) is 0 Å².